The molecule has 0 radical (unpaired) electrons. The van der Waals surface area contributed by atoms with Gasteiger partial charge in [-0.25, -0.2) is 0 Å². The maximum Gasteiger partial charge on any atom is 0.247 e. The smallest absolute Gasteiger partial charge is 0.247 e. The number of amides is 1. The highest BCUT2D eigenvalue weighted by Gasteiger charge is 2.51. The van der Waals surface area contributed by atoms with Gasteiger partial charge in [0, 0.05) is 24.8 Å². The van der Waals surface area contributed by atoms with Gasteiger partial charge in [-0.05, 0) is 79.7 Å². The summed E-state index contributed by atoms with van der Waals surface area (Å²) in [5.41, 5.74) is 5.65. The average molecular weight is 402 g/mol. The van der Waals surface area contributed by atoms with Crippen LogP contribution < -0.4 is 10.2 Å². The molecular weight excluding hydrogens is 370 g/mol. The number of carbonyl (C=O) groups excluding carboxylic acids is 1. The second-order valence-electron chi connectivity index (χ2n) is 9.60. The minimum absolute atomic E-state index is 0.215. The summed E-state index contributed by atoms with van der Waals surface area (Å²) in [7, 11) is 0. The summed E-state index contributed by atoms with van der Waals surface area (Å²) in [6, 6.07) is 18.0. The number of likely N-dealkylation sites (tertiary alicyclic amines) is 1. The largest absolute Gasteiger partial charge is 0.339 e. The summed E-state index contributed by atoms with van der Waals surface area (Å²) >= 11 is 0. The van der Waals surface area contributed by atoms with E-state index >= 15 is 0 Å². The molecule has 30 heavy (non-hydrogen) atoms. The van der Waals surface area contributed by atoms with Crippen molar-refractivity contribution in [3.05, 3.63) is 65.2 Å². The van der Waals surface area contributed by atoms with E-state index in [-0.39, 0.29) is 11.4 Å². The zero-order valence-corrected chi connectivity index (χ0v) is 17.6. The summed E-state index contributed by atoms with van der Waals surface area (Å²) in [4.78, 5) is 18.0. The Hall–Kier alpha value is -2.33. The Labute approximate surface area is 179 Å². The molecule has 4 nitrogen and oxygen atoms in total. The molecule has 0 saturated carbocycles. The molecule has 0 bridgehead atoms. The molecule has 0 aromatic heterocycles. The first-order valence-electron chi connectivity index (χ1n) is 11.7. The van der Waals surface area contributed by atoms with Crippen LogP contribution in [0.5, 0.6) is 0 Å². The molecule has 156 valence electrons. The van der Waals surface area contributed by atoms with Gasteiger partial charge in [0.15, 0.2) is 0 Å². The standard InChI is InChI=1S/C26H31N3O/c30-25-26(29(18-27-25)21-9-2-1-3-10-21)14-16-28(17-15-26)23-13-12-20-7-4-6-19-8-5-11-22(23)24(19)20/h1-3,5,8-11,20,23H,4,6-7,12-18H2,(H,27,30)/t20-,23+/m0/s1. The maximum absolute atomic E-state index is 13.0. The van der Waals surface area contributed by atoms with E-state index in [4.69, 9.17) is 0 Å². The van der Waals surface area contributed by atoms with Crippen molar-refractivity contribution in [2.24, 2.45) is 0 Å². The second-order valence-corrected chi connectivity index (χ2v) is 9.60. The van der Waals surface area contributed by atoms with E-state index < -0.39 is 0 Å². The predicted octanol–water partition coefficient (Wildman–Crippen LogP) is 4.37. The van der Waals surface area contributed by atoms with Crippen molar-refractivity contribution in [3.63, 3.8) is 0 Å². The first-order chi connectivity index (χ1) is 14.8. The molecule has 2 aliphatic heterocycles. The fourth-order valence-electron chi connectivity index (χ4n) is 6.74. The second kappa shape index (κ2) is 7.12. The molecule has 4 heteroatoms. The fraction of sp³-hybridized carbons (Fsp3) is 0.500. The molecule has 2 aromatic carbocycles. The van der Waals surface area contributed by atoms with Gasteiger partial charge in [0.2, 0.25) is 5.91 Å². The first kappa shape index (κ1) is 18.4. The number of hydrogen-bond donors (Lipinski definition) is 1. The third-order valence-corrected chi connectivity index (χ3v) is 8.26. The third-order valence-electron chi connectivity index (χ3n) is 8.26. The molecule has 1 N–H and O–H groups in total. The quantitative estimate of drug-likeness (QED) is 0.812. The van der Waals surface area contributed by atoms with Crippen LogP contribution in [0, 0.1) is 0 Å². The average Bonchev–Trinajstić information content (AvgIpc) is 3.11. The Morgan fingerprint density at radius 1 is 0.933 bits per heavy atom. The van der Waals surface area contributed by atoms with Gasteiger partial charge in [0.1, 0.15) is 5.54 Å². The fourth-order valence-corrected chi connectivity index (χ4v) is 6.74. The van der Waals surface area contributed by atoms with E-state index in [1.807, 2.05) is 6.07 Å². The zero-order chi connectivity index (χ0) is 20.1. The Morgan fingerprint density at radius 3 is 2.60 bits per heavy atom. The van der Waals surface area contributed by atoms with Crippen molar-refractivity contribution in [3.8, 4) is 0 Å². The monoisotopic (exact) mass is 401 g/mol. The number of para-hydroxylation sites is 1. The third kappa shape index (κ3) is 2.73. The van der Waals surface area contributed by atoms with Crippen LogP contribution >= 0.6 is 0 Å². The van der Waals surface area contributed by atoms with Crippen LogP contribution in [0.2, 0.25) is 0 Å². The van der Waals surface area contributed by atoms with E-state index in [1.165, 1.54) is 32.1 Å². The first-order valence-corrected chi connectivity index (χ1v) is 11.7. The molecule has 6 rings (SSSR count). The Bertz CT molecular complexity index is 948. The van der Waals surface area contributed by atoms with Gasteiger partial charge in [-0.1, -0.05) is 36.4 Å². The number of carbonyl (C=O) groups is 1. The van der Waals surface area contributed by atoms with Gasteiger partial charge in [-0.15, -0.1) is 0 Å². The number of rotatable bonds is 2. The number of nitrogens with one attached hydrogen (secondary N) is 1. The van der Waals surface area contributed by atoms with E-state index in [0.29, 0.717) is 12.7 Å². The highest BCUT2D eigenvalue weighted by Crippen LogP contribution is 2.48. The molecule has 2 saturated heterocycles. The number of piperidine rings is 1. The Kier molecular flexibility index (Phi) is 4.38. The van der Waals surface area contributed by atoms with Crippen LogP contribution in [0.4, 0.5) is 5.69 Å². The summed E-state index contributed by atoms with van der Waals surface area (Å²) < 4.78 is 0. The number of hydrogen-bond acceptors (Lipinski definition) is 3. The van der Waals surface area contributed by atoms with Gasteiger partial charge in [0.05, 0.1) is 6.67 Å². The van der Waals surface area contributed by atoms with Crippen molar-refractivity contribution >= 4 is 11.6 Å². The minimum Gasteiger partial charge on any atom is -0.339 e. The maximum atomic E-state index is 13.0. The van der Waals surface area contributed by atoms with Gasteiger partial charge in [-0.3, -0.25) is 9.69 Å². The van der Waals surface area contributed by atoms with Crippen LogP contribution in [-0.2, 0) is 11.2 Å². The molecule has 2 aromatic rings. The van der Waals surface area contributed by atoms with Crippen molar-refractivity contribution < 1.29 is 4.79 Å². The number of aryl methyl sites for hydroxylation is 1. The van der Waals surface area contributed by atoms with Crippen LogP contribution in [0.3, 0.4) is 0 Å². The summed E-state index contributed by atoms with van der Waals surface area (Å²) in [5.74, 6) is 0.998. The van der Waals surface area contributed by atoms with E-state index in [2.05, 4.69) is 57.6 Å². The molecule has 1 amide bonds. The minimum atomic E-state index is -0.384. The van der Waals surface area contributed by atoms with Crippen LogP contribution in [-0.4, -0.2) is 36.1 Å². The zero-order valence-electron chi connectivity index (χ0n) is 17.6. The molecule has 2 heterocycles. The SMILES string of the molecule is O=C1NCN(c2ccccc2)C12CCN([C@@H]1CC[C@@H]3CCCc4cccc1c43)CC2. The molecule has 2 aliphatic carbocycles. The number of anilines is 1. The van der Waals surface area contributed by atoms with E-state index in [0.717, 1.165) is 37.5 Å². The number of nitrogens with zero attached hydrogens (tertiary/aromatic N) is 2. The Balaban J connectivity index is 1.26. The van der Waals surface area contributed by atoms with Gasteiger partial charge in [-0.2, -0.15) is 0 Å². The highest BCUT2D eigenvalue weighted by atomic mass is 16.2. The van der Waals surface area contributed by atoms with Crippen LogP contribution in [0.25, 0.3) is 0 Å². The molecule has 4 aliphatic rings. The van der Waals surface area contributed by atoms with Crippen molar-refractivity contribution in [2.75, 3.05) is 24.7 Å². The van der Waals surface area contributed by atoms with Crippen molar-refractivity contribution in [1.29, 1.82) is 0 Å². The molecule has 1 spiro atoms. The predicted molar refractivity (Wildman–Crippen MR) is 120 cm³/mol. The highest BCUT2D eigenvalue weighted by molar-refractivity contribution is 5.93. The summed E-state index contributed by atoms with van der Waals surface area (Å²) in [6.45, 7) is 2.62. The Morgan fingerprint density at radius 2 is 1.77 bits per heavy atom. The van der Waals surface area contributed by atoms with E-state index in [9.17, 15) is 4.79 Å². The van der Waals surface area contributed by atoms with Gasteiger partial charge >= 0.3 is 0 Å². The number of benzene rings is 2. The molecule has 2 atom stereocenters. The lowest BCUT2D eigenvalue weighted by atomic mass is 9.71. The van der Waals surface area contributed by atoms with Crippen molar-refractivity contribution in [2.45, 2.75) is 62.4 Å². The van der Waals surface area contributed by atoms with Crippen LogP contribution in [0.15, 0.2) is 48.5 Å². The lowest BCUT2D eigenvalue weighted by Crippen LogP contribution is -2.57. The van der Waals surface area contributed by atoms with Gasteiger partial charge < -0.3 is 10.2 Å². The summed E-state index contributed by atoms with van der Waals surface area (Å²) in [5, 5.41) is 3.14. The van der Waals surface area contributed by atoms with Crippen LogP contribution in [0.1, 0.15) is 67.2 Å². The van der Waals surface area contributed by atoms with Crippen molar-refractivity contribution in [1.82, 2.24) is 10.2 Å². The lowest BCUT2D eigenvalue weighted by molar-refractivity contribution is -0.125. The lowest BCUT2D eigenvalue weighted by Gasteiger charge is -2.47. The summed E-state index contributed by atoms with van der Waals surface area (Å²) in [6.07, 6.45) is 8.37. The normalized spacial score (nSPS) is 27.7. The molecule has 0 unspecified atom stereocenters. The van der Waals surface area contributed by atoms with E-state index in [1.54, 1.807) is 16.7 Å². The van der Waals surface area contributed by atoms with Gasteiger partial charge in [0.25, 0.3) is 0 Å². The molecular formula is C26H31N3O. The topological polar surface area (TPSA) is 35.6 Å². The molecule has 2 fully saturated rings.